The van der Waals surface area contributed by atoms with E-state index in [2.05, 4.69) is 19.1 Å². The first-order chi connectivity index (χ1) is 24.5. The smallest absolute Gasteiger partial charge is 0.335 e. The molecule has 272 valence electrons. The highest BCUT2D eigenvalue weighted by Gasteiger charge is 2.49. The molecule has 1 fully saturated rings. The van der Waals surface area contributed by atoms with Crippen molar-refractivity contribution in [1.82, 2.24) is 9.80 Å². The van der Waals surface area contributed by atoms with Crippen molar-refractivity contribution in [1.29, 1.82) is 0 Å². The summed E-state index contributed by atoms with van der Waals surface area (Å²) in [6, 6.07) is 25.7. The van der Waals surface area contributed by atoms with E-state index in [1.807, 2.05) is 64.4 Å². The van der Waals surface area contributed by atoms with E-state index in [1.54, 1.807) is 32.4 Å². The van der Waals surface area contributed by atoms with Gasteiger partial charge in [-0.1, -0.05) is 86.1 Å². The lowest BCUT2D eigenvalue weighted by Crippen LogP contribution is -2.53. The number of carboxylic acid groups (broad SMARTS) is 1. The number of benzene rings is 3. The van der Waals surface area contributed by atoms with Crippen LogP contribution in [0.4, 0.5) is 4.79 Å². The van der Waals surface area contributed by atoms with Crippen molar-refractivity contribution in [2.24, 2.45) is 0 Å². The molecule has 1 N–H and O–H groups in total. The average Bonchev–Trinajstić information content (AvgIpc) is 3.21. The summed E-state index contributed by atoms with van der Waals surface area (Å²) >= 11 is 0. The summed E-state index contributed by atoms with van der Waals surface area (Å²) in [6.07, 6.45) is 1.34. The number of methoxy groups -OCH3 is 2. The summed E-state index contributed by atoms with van der Waals surface area (Å²) in [7, 11) is 3.23. The number of rotatable bonds is 22. The Kier molecular flexibility index (Phi) is 16.7. The molecule has 2 amide bonds. The fourth-order valence-corrected chi connectivity index (χ4v) is 6.25. The third kappa shape index (κ3) is 11.6. The molecular formula is C39H52N2O9. The first-order valence-corrected chi connectivity index (χ1v) is 17.3. The first-order valence-electron chi connectivity index (χ1n) is 17.3. The molecule has 11 nitrogen and oxygen atoms in total. The molecule has 50 heavy (non-hydrogen) atoms. The van der Waals surface area contributed by atoms with Crippen molar-refractivity contribution in [2.45, 2.75) is 63.4 Å². The number of carbonyl (C=O) groups excluding carboxylic acids is 1. The van der Waals surface area contributed by atoms with Crippen molar-refractivity contribution >= 4 is 12.0 Å². The normalized spacial score (nSPS) is 19.5. The highest BCUT2D eigenvalue weighted by Crippen LogP contribution is 2.32. The van der Waals surface area contributed by atoms with Gasteiger partial charge >= 0.3 is 12.0 Å². The fraction of sp³-hybridized carbons (Fsp3) is 0.487. The van der Waals surface area contributed by atoms with Gasteiger partial charge in [-0.25, -0.2) is 9.59 Å². The molecular weight excluding hydrogens is 640 g/mol. The Labute approximate surface area is 296 Å². The monoisotopic (exact) mass is 692 g/mol. The Morgan fingerprint density at radius 3 is 1.72 bits per heavy atom. The summed E-state index contributed by atoms with van der Waals surface area (Å²) in [5, 5.41) is 9.78. The summed E-state index contributed by atoms with van der Waals surface area (Å²) in [5.74, 6) is -1.03. The lowest BCUT2D eigenvalue weighted by atomic mass is 9.90. The third-order valence-electron chi connectivity index (χ3n) is 8.78. The topological polar surface area (TPSA) is 116 Å². The molecule has 0 bridgehead atoms. The van der Waals surface area contributed by atoms with Crippen LogP contribution in [0.1, 0.15) is 46.8 Å². The molecule has 0 aromatic heterocycles. The Bertz CT molecular complexity index is 1410. The average molecular weight is 693 g/mol. The molecule has 4 atom stereocenters. The molecule has 3 aromatic carbocycles. The van der Waals surface area contributed by atoms with Gasteiger partial charge in [0.1, 0.15) is 25.8 Å². The molecule has 1 saturated heterocycles. The second kappa shape index (κ2) is 21.4. The highest BCUT2D eigenvalue weighted by molar-refractivity contribution is 5.87. The second-order valence-electron chi connectivity index (χ2n) is 12.3. The number of hydrogen-bond donors (Lipinski definition) is 1. The second-order valence-corrected chi connectivity index (χ2v) is 12.3. The molecule has 0 spiro atoms. The SMILES string of the molecule is CCCCN1C(=O)N(Cc2cccc(C(=O)O)c2)[C@H](Cc2ccccc2)[C@H](OCOCCOC)[C@@H](OCOCCOC)[C@H]1Cc1ccccc1. The predicted octanol–water partition coefficient (Wildman–Crippen LogP) is 5.66. The van der Waals surface area contributed by atoms with Crippen LogP contribution in [0.25, 0.3) is 0 Å². The van der Waals surface area contributed by atoms with Gasteiger partial charge in [0.2, 0.25) is 0 Å². The van der Waals surface area contributed by atoms with E-state index < -0.39 is 30.3 Å². The Morgan fingerprint density at radius 2 is 1.22 bits per heavy atom. The molecule has 11 heteroatoms. The molecule has 0 aliphatic carbocycles. The van der Waals surface area contributed by atoms with E-state index in [9.17, 15) is 9.90 Å². The van der Waals surface area contributed by atoms with E-state index in [0.29, 0.717) is 51.4 Å². The lowest BCUT2D eigenvalue weighted by molar-refractivity contribution is -0.191. The van der Waals surface area contributed by atoms with E-state index >= 15 is 4.79 Å². The fourth-order valence-electron chi connectivity index (χ4n) is 6.25. The maximum absolute atomic E-state index is 15.1. The number of ether oxygens (including phenoxy) is 6. The van der Waals surface area contributed by atoms with Gasteiger partial charge in [0, 0.05) is 27.3 Å². The van der Waals surface area contributed by atoms with Crippen molar-refractivity contribution in [2.75, 3.05) is 60.8 Å². The minimum absolute atomic E-state index is 0.0295. The molecule has 0 saturated carbocycles. The lowest BCUT2D eigenvalue weighted by Gasteiger charge is -2.38. The third-order valence-corrected chi connectivity index (χ3v) is 8.78. The minimum atomic E-state index is -1.03. The minimum Gasteiger partial charge on any atom is -0.478 e. The zero-order valence-corrected chi connectivity index (χ0v) is 29.5. The predicted molar refractivity (Wildman–Crippen MR) is 189 cm³/mol. The molecule has 1 heterocycles. The molecule has 0 radical (unpaired) electrons. The zero-order chi connectivity index (χ0) is 35.6. The largest absolute Gasteiger partial charge is 0.478 e. The van der Waals surface area contributed by atoms with Crippen LogP contribution in [0.2, 0.25) is 0 Å². The quantitative estimate of drug-likeness (QED) is 0.105. The Morgan fingerprint density at radius 1 is 0.700 bits per heavy atom. The van der Waals surface area contributed by atoms with Crippen LogP contribution in [0.5, 0.6) is 0 Å². The zero-order valence-electron chi connectivity index (χ0n) is 29.5. The number of carbonyl (C=O) groups is 2. The van der Waals surface area contributed by atoms with Crippen LogP contribution >= 0.6 is 0 Å². The summed E-state index contributed by atoms with van der Waals surface area (Å²) < 4.78 is 35.4. The van der Waals surface area contributed by atoms with Gasteiger partial charge in [-0.3, -0.25) is 0 Å². The summed E-state index contributed by atoms with van der Waals surface area (Å²) in [5.41, 5.74) is 2.92. The number of amides is 2. The number of nitrogens with zero attached hydrogens (tertiary/aromatic N) is 2. The van der Waals surface area contributed by atoms with Gasteiger partial charge in [0.25, 0.3) is 0 Å². The van der Waals surface area contributed by atoms with Crippen molar-refractivity contribution in [3.8, 4) is 0 Å². The summed E-state index contributed by atoms with van der Waals surface area (Å²) in [6.45, 7) is 4.18. The summed E-state index contributed by atoms with van der Waals surface area (Å²) in [4.78, 5) is 30.8. The van der Waals surface area contributed by atoms with Gasteiger partial charge in [-0.05, 0) is 48.1 Å². The van der Waals surface area contributed by atoms with E-state index in [1.165, 1.54) is 0 Å². The number of carboxylic acids is 1. The van der Waals surface area contributed by atoms with E-state index in [4.69, 9.17) is 28.4 Å². The molecule has 1 aliphatic rings. The van der Waals surface area contributed by atoms with Crippen molar-refractivity contribution in [3.63, 3.8) is 0 Å². The van der Waals surface area contributed by atoms with Crippen molar-refractivity contribution < 1.29 is 43.1 Å². The first kappa shape index (κ1) is 39.0. The van der Waals surface area contributed by atoms with Crippen LogP contribution in [-0.4, -0.2) is 112 Å². The van der Waals surface area contributed by atoms with Crippen LogP contribution < -0.4 is 0 Å². The number of hydrogen-bond acceptors (Lipinski definition) is 8. The van der Waals surface area contributed by atoms with Gasteiger partial charge in [-0.15, -0.1) is 0 Å². The Hall–Kier alpha value is -3.84. The van der Waals surface area contributed by atoms with Gasteiger partial charge < -0.3 is 43.3 Å². The van der Waals surface area contributed by atoms with Crippen LogP contribution in [0.15, 0.2) is 84.9 Å². The number of unbranched alkanes of at least 4 members (excludes halogenated alkanes) is 1. The molecule has 3 aromatic rings. The molecule has 4 rings (SSSR count). The molecule has 1 aliphatic heterocycles. The van der Waals surface area contributed by atoms with Crippen molar-refractivity contribution in [3.05, 3.63) is 107 Å². The maximum atomic E-state index is 15.1. The maximum Gasteiger partial charge on any atom is 0.335 e. The van der Waals surface area contributed by atoms with Gasteiger partial charge in [-0.2, -0.15) is 0 Å². The standard InChI is InChI=1S/C39H52N2O9/c1-4-5-19-40-34(25-30-13-8-6-9-14-30)36(49-28-47-22-20-45-2)37(50-29-48-23-21-46-3)35(26-31-15-10-7-11-16-31)41(39(40)44)27-32-17-12-18-33(24-32)38(42)43/h6-18,24,34-37H,4-5,19-23,25-29H2,1-3H3,(H,42,43)/t34-,35-,36+,37+/m1/s1. The van der Waals surface area contributed by atoms with Gasteiger partial charge in [0.05, 0.1) is 44.1 Å². The highest BCUT2D eigenvalue weighted by atomic mass is 16.7. The van der Waals surface area contributed by atoms with Gasteiger partial charge in [0.15, 0.2) is 0 Å². The number of urea groups is 1. The van der Waals surface area contributed by atoms with E-state index in [0.717, 1.165) is 24.0 Å². The van der Waals surface area contributed by atoms with Crippen LogP contribution in [-0.2, 0) is 47.8 Å². The van der Waals surface area contributed by atoms with Crippen LogP contribution in [0.3, 0.4) is 0 Å². The van der Waals surface area contributed by atoms with E-state index in [-0.39, 0.29) is 31.7 Å². The van der Waals surface area contributed by atoms with Crippen LogP contribution in [0, 0.1) is 0 Å². The molecule has 0 unspecified atom stereocenters. The Balaban J connectivity index is 1.86. The number of aromatic carboxylic acids is 1.